The Balaban J connectivity index is 1.40. The fourth-order valence-corrected chi connectivity index (χ4v) is 4.23. The van der Waals surface area contributed by atoms with Crippen LogP contribution in [0, 0.1) is 0 Å². The topological polar surface area (TPSA) is 108 Å². The summed E-state index contributed by atoms with van der Waals surface area (Å²) in [4.78, 5) is 27.8. The minimum Gasteiger partial charge on any atom is -0.454 e. The summed E-state index contributed by atoms with van der Waals surface area (Å²) in [6.07, 6.45) is -9.26. The Bertz CT molecular complexity index is 1360. The number of amides is 1. The number of halogens is 6. The maximum Gasteiger partial charge on any atom is 0.422 e. The molecule has 0 spiro atoms. The van der Waals surface area contributed by atoms with Crippen LogP contribution in [0.25, 0.3) is 0 Å². The second-order valence-corrected chi connectivity index (χ2v) is 9.61. The number of anilines is 4. The number of benzene rings is 2. The zero-order valence-corrected chi connectivity index (χ0v) is 23.1. The molecule has 43 heavy (non-hydrogen) atoms. The molecule has 1 aromatic heterocycles. The van der Waals surface area contributed by atoms with Crippen LogP contribution < -0.4 is 25.6 Å². The van der Waals surface area contributed by atoms with E-state index in [1.165, 1.54) is 12.1 Å². The first kappa shape index (κ1) is 31.6. The number of alkyl halides is 6. The van der Waals surface area contributed by atoms with E-state index in [4.69, 9.17) is 0 Å². The van der Waals surface area contributed by atoms with Gasteiger partial charge in [0.05, 0.1) is 12.1 Å². The molecule has 1 amide bonds. The van der Waals surface area contributed by atoms with E-state index in [1.807, 2.05) is 31.2 Å². The van der Waals surface area contributed by atoms with Crippen molar-refractivity contribution in [3.05, 3.63) is 59.7 Å². The van der Waals surface area contributed by atoms with E-state index in [-0.39, 0.29) is 30.0 Å². The van der Waals surface area contributed by atoms with Crippen molar-refractivity contribution in [3.63, 3.8) is 0 Å². The molecule has 4 rings (SSSR count). The van der Waals surface area contributed by atoms with E-state index in [2.05, 4.69) is 45.4 Å². The highest BCUT2D eigenvalue weighted by Gasteiger charge is 2.31. The fourth-order valence-electron chi connectivity index (χ4n) is 4.23. The Labute approximate surface area is 243 Å². The quantitative estimate of drug-likeness (QED) is 0.271. The maximum atomic E-state index is 13.1. The summed E-state index contributed by atoms with van der Waals surface area (Å²) in [5.41, 5.74) is 0.846. The van der Waals surface area contributed by atoms with Crippen molar-refractivity contribution in [2.45, 2.75) is 25.8 Å². The van der Waals surface area contributed by atoms with Crippen LogP contribution in [0.4, 0.5) is 49.6 Å². The van der Waals surface area contributed by atoms with Crippen LogP contribution in [-0.2, 0) is 17.5 Å². The molecule has 1 saturated heterocycles. The van der Waals surface area contributed by atoms with Crippen molar-refractivity contribution in [3.8, 4) is 6.01 Å². The second-order valence-electron chi connectivity index (χ2n) is 9.61. The first-order valence-corrected chi connectivity index (χ1v) is 13.3. The molecule has 16 heteroatoms. The number of carbonyl (C=O) groups excluding carboxylic acids is 1. The summed E-state index contributed by atoms with van der Waals surface area (Å²) in [5, 5.41) is 8.25. The molecule has 0 radical (unpaired) electrons. The Kier molecular flexibility index (Phi) is 10.1. The minimum absolute atomic E-state index is 0.00331. The van der Waals surface area contributed by atoms with Crippen molar-refractivity contribution < 1.29 is 35.9 Å². The molecule has 10 nitrogen and oxygen atoms in total. The van der Waals surface area contributed by atoms with E-state index in [1.54, 1.807) is 0 Å². The Morgan fingerprint density at radius 3 is 2.28 bits per heavy atom. The largest absolute Gasteiger partial charge is 0.454 e. The smallest absolute Gasteiger partial charge is 0.422 e. The lowest BCUT2D eigenvalue weighted by Crippen LogP contribution is -2.49. The first-order chi connectivity index (χ1) is 20.4. The molecule has 1 aliphatic heterocycles. The monoisotopic (exact) mass is 612 g/mol. The van der Waals surface area contributed by atoms with Crippen LogP contribution >= 0.6 is 0 Å². The standard InChI is InChI=1S/C27H30F6N8O2/c1-2-34-22(42)16-40-10-12-41(13-11-40)21-8-6-18(7-9-21)15-35-23-37-24(39-25(38-23)43-17-26(28,29)30)36-20-5-3-4-19(14-20)27(31,32)33/h3-9,14H,2,10-13,15-17H2,1H3,(H,34,42)(H2,35,36,37,38,39). The summed E-state index contributed by atoms with van der Waals surface area (Å²) < 4.78 is 82.1. The van der Waals surface area contributed by atoms with Crippen LogP contribution in [0.15, 0.2) is 48.5 Å². The summed E-state index contributed by atoms with van der Waals surface area (Å²) >= 11 is 0. The summed E-state index contributed by atoms with van der Waals surface area (Å²) in [5.74, 6) is -0.451. The fraction of sp³-hybridized carbons (Fsp3) is 0.407. The molecule has 3 N–H and O–H groups in total. The van der Waals surface area contributed by atoms with Gasteiger partial charge in [0.15, 0.2) is 6.61 Å². The third kappa shape index (κ3) is 9.87. The van der Waals surface area contributed by atoms with Gasteiger partial charge in [0.2, 0.25) is 17.8 Å². The number of hydrogen-bond acceptors (Lipinski definition) is 9. The number of likely N-dealkylation sites (N-methyl/N-ethyl adjacent to an activating group) is 1. The molecular formula is C27H30F6N8O2. The number of hydrogen-bond donors (Lipinski definition) is 3. The Morgan fingerprint density at radius 1 is 0.930 bits per heavy atom. The minimum atomic E-state index is -4.66. The third-order valence-electron chi connectivity index (χ3n) is 6.29. The van der Waals surface area contributed by atoms with Gasteiger partial charge in [0.25, 0.3) is 0 Å². The molecular weight excluding hydrogens is 582 g/mol. The van der Waals surface area contributed by atoms with Crippen molar-refractivity contribution >= 4 is 29.2 Å². The van der Waals surface area contributed by atoms with Gasteiger partial charge < -0.3 is 25.6 Å². The van der Waals surface area contributed by atoms with Gasteiger partial charge in [-0.2, -0.15) is 41.3 Å². The molecule has 0 atom stereocenters. The number of carbonyl (C=O) groups is 1. The zero-order valence-electron chi connectivity index (χ0n) is 23.1. The van der Waals surface area contributed by atoms with Gasteiger partial charge >= 0.3 is 18.4 Å². The SMILES string of the molecule is CCNC(=O)CN1CCN(c2ccc(CNc3nc(Nc4cccc(C(F)(F)F)c4)nc(OCC(F)(F)F)n3)cc2)CC1. The van der Waals surface area contributed by atoms with Crippen LogP contribution in [-0.4, -0.2) is 77.8 Å². The van der Waals surface area contributed by atoms with Gasteiger partial charge in [0, 0.05) is 50.6 Å². The average Bonchev–Trinajstić information content (AvgIpc) is 2.95. The highest BCUT2D eigenvalue weighted by atomic mass is 19.4. The molecule has 0 bridgehead atoms. The zero-order chi connectivity index (χ0) is 31.0. The summed E-state index contributed by atoms with van der Waals surface area (Å²) in [7, 11) is 0. The molecule has 1 fully saturated rings. The molecule has 0 unspecified atom stereocenters. The molecule has 0 aliphatic carbocycles. The number of piperazine rings is 1. The molecule has 3 aromatic rings. The highest BCUT2D eigenvalue weighted by molar-refractivity contribution is 5.78. The summed E-state index contributed by atoms with van der Waals surface area (Å²) in [6.45, 7) is 4.36. The first-order valence-electron chi connectivity index (χ1n) is 13.3. The number of ether oxygens (including phenoxy) is 1. The average molecular weight is 613 g/mol. The van der Waals surface area contributed by atoms with Gasteiger partial charge in [-0.1, -0.05) is 18.2 Å². The van der Waals surface area contributed by atoms with Crippen LogP contribution in [0.5, 0.6) is 6.01 Å². The maximum absolute atomic E-state index is 13.1. The van der Waals surface area contributed by atoms with Gasteiger partial charge in [-0.3, -0.25) is 9.69 Å². The molecule has 232 valence electrons. The van der Waals surface area contributed by atoms with E-state index in [0.717, 1.165) is 49.6 Å². The second kappa shape index (κ2) is 13.8. The molecule has 1 aliphatic rings. The van der Waals surface area contributed by atoms with Gasteiger partial charge in [-0.15, -0.1) is 0 Å². The van der Waals surface area contributed by atoms with E-state index >= 15 is 0 Å². The van der Waals surface area contributed by atoms with E-state index in [9.17, 15) is 31.1 Å². The molecule has 0 saturated carbocycles. The van der Waals surface area contributed by atoms with E-state index in [0.29, 0.717) is 13.1 Å². The number of rotatable bonds is 11. The van der Waals surface area contributed by atoms with Crippen LogP contribution in [0.2, 0.25) is 0 Å². The van der Waals surface area contributed by atoms with Crippen molar-refractivity contribution in [1.82, 2.24) is 25.2 Å². The third-order valence-corrected chi connectivity index (χ3v) is 6.29. The van der Waals surface area contributed by atoms with E-state index < -0.39 is 30.5 Å². The lowest BCUT2D eigenvalue weighted by atomic mass is 10.1. The van der Waals surface area contributed by atoms with Crippen LogP contribution in [0.3, 0.4) is 0 Å². The van der Waals surface area contributed by atoms with Gasteiger partial charge in [0.1, 0.15) is 0 Å². The number of nitrogens with zero attached hydrogens (tertiary/aromatic N) is 5. The van der Waals surface area contributed by atoms with Crippen LogP contribution in [0.1, 0.15) is 18.1 Å². The van der Waals surface area contributed by atoms with Gasteiger partial charge in [-0.05, 0) is 42.8 Å². The normalized spacial score (nSPS) is 14.3. The molecule has 2 heterocycles. The number of aromatic nitrogens is 3. The van der Waals surface area contributed by atoms with Crippen molar-refractivity contribution in [2.24, 2.45) is 0 Å². The lowest BCUT2D eigenvalue weighted by molar-refractivity contribution is -0.154. The molecule has 2 aromatic carbocycles. The lowest BCUT2D eigenvalue weighted by Gasteiger charge is -2.35. The van der Waals surface area contributed by atoms with Gasteiger partial charge in [-0.25, -0.2) is 0 Å². The summed E-state index contributed by atoms with van der Waals surface area (Å²) in [6, 6.07) is 11.1. The predicted octanol–water partition coefficient (Wildman–Crippen LogP) is 4.45. The van der Waals surface area contributed by atoms with Crippen molar-refractivity contribution in [1.29, 1.82) is 0 Å². The Morgan fingerprint density at radius 2 is 1.63 bits per heavy atom. The highest BCUT2D eigenvalue weighted by Crippen LogP contribution is 2.31. The number of nitrogens with one attached hydrogen (secondary N) is 3. The van der Waals surface area contributed by atoms with Crippen molar-refractivity contribution in [2.75, 3.05) is 61.4 Å². The predicted molar refractivity (Wildman–Crippen MR) is 147 cm³/mol. The Hall–Kier alpha value is -4.34.